The minimum Gasteiger partial charge on any atom is -0.306 e. The molecule has 0 saturated heterocycles. The third-order valence-electron chi connectivity index (χ3n) is 4.34. The number of amides is 1. The van der Waals surface area contributed by atoms with Crippen LogP contribution in [0.1, 0.15) is 16.9 Å². The van der Waals surface area contributed by atoms with Gasteiger partial charge in [0.25, 0.3) is 11.5 Å². The lowest BCUT2D eigenvalue weighted by molar-refractivity contribution is 0.0981. The highest BCUT2D eigenvalue weighted by atomic mass is 32.2. The molecule has 0 saturated carbocycles. The Bertz CT molecular complexity index is 1030. The maximum Gasteiger partial charge on any atom is 0.279 e. The normalized spacial score (nSPS) is 14.2. The van der Waals surface area contributed by atoms with Gasteiger partial charge in [0.05, 0.1) is 11.1 Å². The van der Waals surface area contributed by atoms with Crippen molar-refractivity contribution < 1.29 is 4.79 Å². The second-order valence-corrected chi connectivity index (χ2v) is 7.09. The first-order valence-corrected chi connectivity index (χ1v) is 9.15. The summed E-state index contributed by atoms with van der Waals surface area (Å²) in [5, 5.41) is 5.40. The van der Waals surface area contributed by atoms with Gasteiger partial charge in [-0.2, -0.15) is 5.10 Å². The molecule has 1 aromatic heterocycles. The Morgan fingerprint density at radius 2 is 1.80 bits per heavy atom. The lowest BCUT2D eigenvalue weighted by Crippen LogP contribution is -2.34. The minimum atomic E-state index is -0.195. The molecule has 2 aromatic carbocycles. The summed E-state index contributed by atoms with van der Waals surface area (Å²) in [6, 6.07) is 15.1. The molecule has 1 aliphatic heterocycles. The predicted molar refractivity (Wildman–Crippen MR) is 100 cm³/mol. The fourth-order valence-corrected chi connectivity index (χ4v) is 4.12. The molecule has 6 heteroatoms. The summed E-state index contributed by atoms with van der Waals surface area (Å²) < 4.78 is 1.24. The Kier molecular flexibility index (Phi) is 4.05. The molecule has 126 valence electrons. The molecule has 2 heterocycles. The van der Waals surface area contributed by atoms with Crippen molar-refractivity contribution in [3.8, 4) is 0 Å². The molecule has 0 unspecified atom stereocenters. The van der Waals surface area contributed by atoms with Crippen molar-refractivity contribution in [1.29, 1.82) is 0 Å². The number of carbonyl (C=O) groups excluding carboxylic acids is 1. The summed E-state index contributed by atoms with van der Waals surface area (Å²) in [4.78, 5) is 28.5. The van der Waals surface area contributed by atoms with Crippen LogP contribution in [0.25, 0.3) is 10.8 Å². The van der Waals surface area contributed by atoms with Gasteiger partial charge in [-0.3, -0.25) is 9.59 Å². The van der Waals surface area contributed by atoms with E-state index in [0.717, 1.165) is 22.8 Å². The number of rotatable bonds is 1. The van der Waals surface area contributed by atoms with Gasteiger partial charge < -0.3 is 4.90 Å². The Morgan fingerprint density at radius 1 is 1.08 bits per heavy atom. The molecular formula is C19H17N3O2S. The Labute approximate surface area is 149 Å². The minimum absolute atomic E-state index is 0.165. The van der Waals surface area contributed by atoms with Crippen LogP contribution in [0.3, 0.4) is 0 Å². The summed E-state index contributed by atoms with van der Waals surface area (Å²) in [6.45, 7) is 0.641. The van der Waals surface area contributed by atoms with Crippen LogP contribution < -0.4 is 10.5 Å². The highest BCUT2D eigenvalue weighted by Crippen LogP contribution is 2.34. The lowest BCUT2D eigenvalue weighted by atomic mass is 10.1. The zero-order chi connectivity index (χ0) is 17.4. The van der Waals surface area contributed by atoms with E-state index in [2.05, 4.69) is 5.10 Å². The molecule has 1 aliphatic rings. The van der Waals surface area contributed by atoms with E-state index < -0.39 is 0 Å². The molecule has 0 aliphatic carbocycles. The Morgan fingerprint density at radius 3 is 2.64 bits per heavy atom. The van der Waals surface area contributed by atoms with Crippen molar-refractivity contribution >= 4 is 34.1 Å². The largest absolute Gasteiger partial charge is 0.306 e. The Hall–Kier alpha value is -2.60. The van der Waals surface area contributed by atoms with Crippen molar-refractivity contribution in [3.63, 3.8) is 0 Å². The third-order valence-corrected chi connectivity index (χ3v) is 5.49. The quantitative estimate of drug-likeness (QED) is 0.676. The number of hydrogen-bond donors (Lipinski definition) is 0. The first-order valence-electron chi connectivity index (χ1n) is 8.16. The number of carbonyl (C=O) groups is 1. The van der Waals surface area contributed by atoms with Gasteiger partial charge in [-0.05, 0) is 30.4 Å². The van der Waals surface area contributed by atoms with Crippen LogP contribution in [0.5, 0.6) is 0 Å². The van der Waals surface area contributed by atoms with Gasteiger partial charge in [0.1, 0.15) is 0 Å². The number of aryl methyl sites for hydroxylation is 1. The zero-order valence-corrected chi connectivity index (χ0v) is 14.6. The smallest absolute Gasteiger partial charge is 0.279 e. The molecule has 0 bridgehead atoms. The first kappa shape index (κ1) is 15.9. The molecule has 3 aromatic rings. The summed E-state index contributed by atoms with van der Waals surface area (Å²) in [6.07, 6.45) is 0.911. The van der Waals surface area contributed by atoms with Gasteiger partial charge in [0.2, 0.25) is 0 Å². The highest BCUT2D eigenvalue weighted by Gasteiger charge is 2.25. The average Bonchev–Trinajstić information content (AvgIpc) is 2.87. The zero-order valence-electron chi connectivity index (χ0n) is 13.8. The summed E-state index contributed by atoms with van der Waals surface area (Å²) in [7, 11) is 1.58. The second-order valence-electron chi connectivity index (χ2n) is 5.95. The van der Waals surface area contributed by atoms with Gasteiger partial charge >= 0.3 is 0 Å². The van der Waals surface area contributed by atoms with E-state index in [1.165, 1.54) is 4.68 Å². The number of fused-ring (bicyclic) bond motifs is 2. The van der Waals surface area contributed by atoms with Gasteiger partial charge in [-0.1, -0.05) is 30.3 Å². The van der Waals surface area contributed by atoms with Crippen molar-refractivity contribution in [1.82, 2.24) is 9.78 Å². The standard InChI is InChI=1S/C19H17N3O2S/c1-21-18(23)14-8-3-2-7-13(14)17(20-21)19(24)22-11-6-12-25-16-10-5-4-9-15(16)22/h2-5,7-10H,6,11-12H2,1H3. The van der Waals surface area contributed by atoms with Crippen LogP contribution in [0.2, 0.25) is 0 Å². The molecule has 0 atom stereocenters. The summed E-state index contributed by atoms with van der Waals surface area (Å²) in [5.74, 6) is 0.809. The molecule has 1 amide bonds. The van der Waals surface area contributed by atoms with E-state index in [0.29, 0.717) is 23.0 Å². The van der Waals surface area contributed by atoms with Crippen molar-refractivity contribution in [2.45, 2.75) is 11.3 Å². The van der Waals surface area contributed by atoms with Gasteiger partial charge in [-0.15, -0.1) is 11.8 Å². The van der Waals surface area contributed by atoms with Crippen LogP contribution in [0, 0.1) is 0 Å². The molecule has 0 fully saturated rings. The van der Waals surface area contributed by atoms with E-state index in [4.69, 9.17) is 0 Å². The van der Waals surface area contributed by atoms with E-state index >= 15 is 0 Å². The average molecular weight is 351 g/mol. The summed E-state index contributed by atoms with van der Waals surface area (Å²) in [5.41, 5.74) is 1.04. The lowest BCUT2D eigenvalue weighted by Gasteiger charge is -2.22. The second kappa shape index (κ2) is 6.37. The van der Waals surface area contributed by atoms with E-state index in [-0.39, 0.29) is 11.5 Å². The van der Waals surface area contributed by atoms with E-state index in [1.807, 2.05) is 30.3 Å². The highest BCUT2D eigenvalue weighted by molar-refractivity contribution is 7.99. The topological polar surface area (TPSA) is 55.2 Å². The van der Waals surface area contributed by atoms with Gasteiger partial charge in [-0.25, -0.2) is 4.68 Å². The van der Waals surface area contributed by atoms with Gasteiger partial charge in [0.15, 0.2) is 5.69 Å². The fourth-order valence-electron chi connectivity index (χ4n) is 3.12. The third kappa shape index (κ3) is 2.72. The number of anilines is 1. The summed E-state index contributed by atoms with van der Waals surface area (Å²) >= 11 is 1.77. The number of aromatic nitrogens is 2. The molecule has 0 N–H and O–H groups in total. The first-order chi connectivity index (χ1) is 12.2. The van der Waals surface area contributed by atoms with Crippen LogP contribution in [-0.4, -0.2) is 28.0 Å². The predicted octanol–water partition coefficient (Wildman–Crippen LogP) is 3.08. The molecule has 4 rings (SSSR count). The SMILES string of the molecule is Cn1nc(C(=O)N2CCCSc3ccccc32)c2ccccc2c1=O. The number of thioether (sulfide) groups is 1. The number of hydrogen-bond acceptors (Lipinski definition) is 4. The van der Waals surface area contributed by atoms with E-state index in [1.54, 1.807) is 41.9 Å². The van der Waals surface area contributed by atoms with Gasteiger partial charge in [0, 0.05) is 23.9 Å². The van der Waals surface area contributed by atoms with Crippen molar-refractivity contribution in [2.75, 3.05) is 17.2 Å². The maximum absolute atomic E-state index is 13.3. The number of nitrogens with zero attached hydrogens (tertiary/aromatic N) is 3. The number of benzene rings is 2. The van der Waals surface area contributed by atoms with E-state index in [9.17, 15) is 9.59 Å². The molecule has 0 spiro atoms. The Balaban J connectivity index is 1.89. The number of para-hydroxylation sites is 1. The molecule has 0 radical (unpaired) electrons. The molecule has 25 heavy (non-hydrogen) atoms. The fraction of sp³-hybridized carbons (Fsp3) is 0.211. The molecule has 5 nitrogen and oxygen atoms in total. The van der Waals surface area contributed by atoms with Crippen molar-refractivity contribution in [3.05, 3.63) is 64.6 Å². The van der Waals surface area contributed by atoms with Crippen LogP contribution in [0.4, 0.5) is 5.69 Å². The van der Waals surface area contributed by atoms with Crippen molar-refractivity contribution in [2.24, 2.45) is 7.05 Å². The monoisotopic (exact) mass is 351 g/mol. The van der Waals surface area contributed by atoms with Crippen LogP contribution in [0.15, 0.2) is 58.2 Å². The van der Waals surface area contributed by atoms with Crippen LogP contribution >= 0.6 is 11.8 Å². The maximum atomic E-state index is 13.3. The van der Waals surface area contributed by atoms with Crippen LogP contribution in [-0.2, 0) is 7.05 Å². The molecular weight excluding hydrogens is 334 g/mol.